The molecule has 0 spiro atoms. The van der Waals surface area contributed by atoms with E-state index < -0.39 is 5.91 Å². The Morgan fingerprint density at radius 1 is 1.18 bits per heavy atom. The molecule has 0 atom stereocenters. The van der Waals surface area contributed by atoms with Crippen LogP contribution >= 0.6 is 34.0 Å². The Bertz CT molecular complexity index is 1580. The van der Waals surface area contributed by atoms with Crippen molar-refractivity contribution in [2.45, 2.75) is 0 Å². The van der Waals surface area contributed by atoms with Gasteiger partial charge in [0.15, 0.2) is 5.13 Å². The summed E-state index contributed by atoms with van der Waals surface area (Å²) in [5, 5.41) is 17.3. The number of methoxy groups -OCH3 is 1. The van der Waals surface area contributed by atoms with Crippen LogP contribution in [0, 0.1) is 11.3 Å². The summed E-state index contributed by atoms with van der Waals surface area (Å²) >= 11 is 3.90. The molecule has 1 amide bonds. The van der Waals surface area contributed by atoms with Gasteiger partial charge in [-0.2, -0.15) is 5.26 Å². The molecule has 5 rings (SSSR count). The van der Waals surface area contributed by atoms with Gasteiger partial charge in [-0.15, -0.1) is 34.0 Å². The lowest BCUT2D eigenvalue weighted by Gasteiger charge is -2.07. The van der Waals surface area contributed by atoms with Crippen LogP contribution in [0.1, 0.15) is 15.2 Å². The average Bonchev–Trinajstić information content (AvgIpc) is 3.59. The minimum Gasteiger partial charge on any atom is -0.497 e. The van der Waals surface area contributed by atoms with E-state index in [2.05, 4.69) is 21.4 Å². The molecular weight excluding hydrogens is 488 g/mol. The number of benzene rings is 1. The maximum absolute atomic E-state index is 13.1. The number of hydrogen-bond acceptors (Lipinski definition) is 10. The standard InChI is InChI=1S/C23H16N6O2S3/c1-31-12-5-2-4-11(8-12)14-10-33-23(27-14)29-21(30)19-18(25)17-16(15-6-3-7-32-15)13(9-24)20(26)28-22(17)34-19/h2-8,10H,25H2,1H3,(H2,26,28)(H,27,29,30). The van der Waals surface area contributed by atoms with Gasteiger partial charge in [-0.05, 0) is 23.6 Å². The molecule has 0 bridgehead atoms. The average molecular weight is 505 g/mol. The van der Waals surface area contributed by atoms with Gasteiger partial charge in [0.2, 0.25) is 0 Å². The van der Waals surface area contributed by atoms with E-state index >= 15 is 0 Å². The van der Waals surface area contributed by atoms with Crippen molar-refractivity contribution in [1.29, 1.82) is 5.26 Å². The number of thiazole rings is 1. The number of aromatic nitrogens is 2. The van der Waals surface area contributed by atoms with E-state index in [0.29, 0.717) is 20.9 Å². The van der Waals surface area contributed by atoms with Gasteiger partial charge in [-0.3, -0.25) is 10.1 Å². The fourth-order valence-electron chi connectivity index (χ4n) is 3.52. The molecule has 5 N–H and O–H groups in total. The van der Waals surface area contributed by atoms with Crippen LogP contribution in [0.25, 0.3) is 31.9 Å². The van der Waals surface area contributed by atoms with Gasteiger partial charge in [0.05, 0.1) is 18.5 Å². The molecule has 0 aliphatic carbocycles. The number of nitrogens with zero attached hydrogens (tertiary/aromatic N) is 3. The molecule has 4 aromatic heterocycles. The number of carbonyl (C=O) groups is 1. The maximum atomic E-state index is 13.1. The molecule has 0 fully saturated rings. The topological polar surface area (TPSA) is 140 Å². The molecule has 11 heteroatoms. The van der Waals surface area contributed by atoms with E-state index in [1.54, 1.807) is 7.11 Å². The lowest BCUT2D eigenvalue weighted by atomic mass is 10.0. The third-order valence-corrected chi connectivity index (χ3v) is 7.82. The number of anilines is 3. The quantitative estimate of drug-likeness (QED) is 0.289. The smallest absolute Gasteiger partial charge is 0.269 e. The molecule has 0 unspecified atom stereocenters. The number of nitrogens with one attached hydrogen (secondary N) is 1. The van der Waals surface area contributed by atoms with Crippen LogP contribution < -0.4 is 21.5 Å². The van der Waals surface area contributed by atoms with Crippen molar-refractivity contribution >= 4 is 66.8 Å². The fourth-order valence-corrected chi connectivity index (χ4v) is 6.02. The monoisotopic (exact) mass is 504 g/mol. The minimum absolute atomic E-state index is 0.106. The first-order valence-corrected chi connectivity index (χ1v) is 12.4. The van der Waals surface area contributed by atoms with Crippen LogP contribution in [-0.4, -0.2) is 23.0 Å². The maximum Gasteiger partial charge on any atom is 0.269 e. The summed E-state index contributed by atoms with van der Waals surface area (Å²) in [6.07, 6.45) is 0. The summed E-state index contributed by atoms with van der Waals surface area (Å²) in [4.78, 5) is 23.6. The highest BCUT2D eigenvalue weighted by Gasteiger charge is 2.25. The Balaban J connectivity index is 1.52. The van der Waals surface area contributed by atoms with Crippen molar-refractivity contribution < 1.29 is 9.53 Å². The van der Waals surface area contributed by atoms with E-state index in [1.165, 1.54) is 22.7 Å². The molecule has 34 heavy (non-hydrogen) atoms. The summed E-state index contributed by atoms with van der Waals surface area (Å²) in [7, 11) is 1.60. The molecular formula is C23H16N6O2S3. The molecule has 168 valence electrons. The first kappa shape index (κ1) is 21.8. The second-order valence-corrected chi connectivity index (χ2v) is 9.89. The third kappa shape index (κ3) is 3.73. The predicted octanol–water partition coefficient (Wildman–Crippen LogP) is 5.45. The van der Waals surface area contributed by atoms with Crippen molar-refractivity contribution in [3.63, 3.8) is 0 Å². The Labute approximate surface area is 206 Å². The number of nitrogen functional groups attached to an aromatic ring is 2. The van der Waals surface area contributed by atoms with Gasteiger partial charge < -0.3 is 16.2 Å². The number of rotatable bonds is 5. The Hall–Kier alpha value is -3.98. The van der Waals surface area contributed by atoms with Crippen LogP contribution in [0.2, 0.25) is 0 Å². The number of nitriles is 1. The number of thiophene rings is 2. The highest BCUT2D eigenvalue weighted by molar-refractivity contribution is 7.21. The number of hydrogen-bond donors (Lipinski definition) is 3. The first-order chi connectivity index (χ1) is 16.5. The summed E-state index contributed by atoms with van der Waals surface area (Å²) in [6, 6.07) is 13.4. The zero-order valence-corrected chi connectivity index (χ0v) is 20.1. The Morgan fingerprint density at radius 2 is 2.03 bits per heavy atom. The van der Waals surface area contributed by atoms with Crippen molar-refractivity contribution in [2.24, 2.45) is 0 Å². The lowest BCUT2D eigenvalue weighted by Crippen LogP contribution is -2.11. The predicted molar refractivity (Wildman–Crippen MR) is 139 cm³/mol. The number of carbonyl (C=O) groups excluding carboxylic acids is 1. The van der Waals surface area contributed by atoms with Gasteiger partial charge in [0.1, 0.15) is 32.9 Å². The van der Waals surface area contributed by atoms with Crippen LogP contribution in [0.5, 0.6) is 5.75 Å². The van der Waals surface area contributed by atoms with Gasteiger partial charge in [-0.1, -0.05) is 18.2 Å². The van der Waals surface area contributed by atoms with Crippen molar-refractivity contribution in [3.8, 4) is 33.5 Å². The molecule has 0 saturated heterocycles. The van der Waals surface area contributed by atoms with Crippen molar-refractivity contribution in [3.05, 3.63) is 57.6 Å². The zero-order valence-electron chi connectivity index (χ0n) is 17.7. The number of ether oxygens (including phenoxy) is 1. The molecule has 0 aliphatic heterocycles. The minimum atomic E-state index is -0.402. The second kappa shape index (κ2) is 8.75. The summed E-state index contributed by atoms with van der Waals surface area (Å²) in [5.74, 6) is 0.426. The number of amides is 1. The summed E-state index contributed by atoms with van der Waals surface area (Å²) in [5.41, 5.74) is 15.2. The van der Waals surface area contributed by atoms with Gasteiger partial charge in [0.25, 0.3) is 5.91 Å². The van der Waals surface area contributed by atoms with E-state index in [-0.39, 0.29) is 21.9 Å². The van der Waals surface area contributed by atoms with E-state index in [4.69, 9.17) is 16.2 Å². The molecule has 5 aromatic rings. The molecule has 0 aliphatic rings. The third-order valence-electron chi connectivity index (χ3n) is 5.08. The van der Waals surface area contributed by atoms with E-state index in [1.807, 2.05) is 47.2 Å². The highest BCUT2D eigenvalue weighted by Crippen LogP contribution is 2.44. The van der Waals surface area contributed by atoms with Gasteiger partial charge in [0, 0.05) is 26.8 Å². The Morgan fingerprint density at radius 3 is 2.76 bits per heavy atom. The van der Waals surface area contributed by atoms with Crippen molar-refractivity contribution in [2.75, 3.05) is 23.9 Å². The van der Waals surface area contributed by atoms with Crippen molar-refractivity contribution in [1.82, 2.24) is 9.97 Å². The first-order valence-electron chi connectivity index (χ1n) is 9.87. The molecule has 4 heterocycles. The van der Waals surface area contributed by atoms with E-state index in [9.17, 15) is 10.1 Å². The Kier molecular flexibility index (Phi) is 5.62. The number of nitrogens with two attached hydrogens (primary N) is 2. The van der Waals surface area contributed by atoms with Crippen LogP contribution in [0.3, 0.4) is 0 Å². The number of fused-ring (bicyclic) bond motifs is 1. The molecule has 1 aromatic carbocycles. The van der Waals surface area contributed by atoms with Gasteiger partial charge in [-0.25, -0.2) is 9.97 Å². The number of pyridine rings is 1. The summed E-state index contributed by atoms with van der Waals surface area (Å²) in [6.45, 7) is 0. The zero-order chi connectivity index (χ0) is 23.8. The lowest BCUT2D eigenvalue weighted by molar-refractivity contribution is 0.103. The van der Waals surface area contributed by atoms with Crippen LogP contribution in [0.4, 0.5) is 16.6 Å². The SMILES string of the molecule is COc1cccc(-c2csc(NC(=O)c3sc4nc(N)c(C#N)c(-c5cccs5)c4c3N)n2)c1. The van der Waals surface area contributed by atoms with E-state index in [0.717, 1.165) is 33.2 Å². The molecule has 8 nitrogen and oxygen atoms in total. The molecule has 0 saturated carbocycles. The fraction of sp³-hybridized carbons (Fsp3) is 0.0435. The largest absolute Gasteiger partial charge is 0.497 e. The highest BCUT2D eigenvalue weighted by atomic mass is 32.1. The van der Waals surface area contributed by atoms with Crippen LogP contribution in [-0.2, 0) is 0 Å². The molecule has 0 radical (unpaired) electrons. The summed E-state index contributed by atoms with van der Waals surface area (Å²) < 4.78 is 5.27. The second-order valence-electron chi connectivity index (χ2n) is 7.09. The normalized spacial score (nSPS) is 10.8. The van der Waals surface area contributed by atoms with Crippen LogP contribution in [0.15, 0.2) is 47.2 Å². The van der Waals surface area contributed by atoms with Gasteiger partial charge >= 0.3 is 0 Å².